The molecule has 0 radical (unpaired) electrons. The minimum absolute atomic E-state index is 0.175. The summed E-state index contributed by atoms with van der Waals surface area (Å²) in [5, 5.41) is 13.3. The van der Waals surface area contributed by atoms with Crippen LogP contribution in [0.5, 0.6) is 11.5 Å². The highest BCUT2D eigenvalue weighted by Gasteiger charge is 2.46. The third kappa shape index (κ3) is 7.82. The Bertz CT molecular complexity index is 1450. The number of aryl methyl sites for hydroxylation is 1. The largest absolute Gasteiger partial charge is 0.493 e. The summed E-state index contributed by atoms with van der Waals surface area (Å²) in [5.41, 5.74) is 1.24. The van der Waals surface area contributed by atoms with E-state index in [1.807, 2.05) is 0 Å². The Kier molecular flexibility index (Phi) is 11.2. The predicted octanol–water partition coefficient (Wildman–Crippen LogP) is 4.76. The molecule has 0 saturated carbocycles. The number of amides is 3. The van der Waals surface area contributed by atoms with Crippen molar-refractivity contribution in [2.45, 2.75) is 82.8 Å². The van der Waals surface area contributed by atoms with Crippen LogP contribution in [0.1, 0.15) is 85.1 Å². The monoisotopic (exact) mass is 656 g/mol. The van der Waals surface area contributed by atoms with Crippen molar-refractivity contribution in [3.05, 3.63) is 35.7 Å². The molecule has 3 aliphatic heterocycles. The molecule has 0 aliphatic carbocycles. The topological polar surface area (TPSA) is 158 Å². The lowest BCUT2D eigenvalue weighted by Crippen LogP contribution is -2.57. The third-order valence-corrected chi connectivity index (χ3v) is 8.79. The SMILES string of the molecule is COC(=O)c1cc(NC(=O)CCCCCOc2cc3c(cc2OC)C(=O)N2CCCC[C@H]2[C@H](OC2CCCCO2)N3C(=O)O)cn1C. The molecule has 2 fully saturated rings. The van der Waals surface area contributed by atoms with Crippen LogP contribution in [0.15, 0.2) is 24.4 Å². The zero-order valence-corrected chi connectivity index (χ0v) is 27.2. The van der Waals surface area contributed by atoms with Crippen molar-refractivity contribution in [1.82, 2.24) is 9.47 Å². The Hall–Kier alpha value is -4.30. The predicted molar refractivity (Wildman–Crippen MR) is 170 cm³/mol. The van der Waals surface area contributed by atoms with E-state index in [4.69, 9.17) is 23.7 Å². The molecule has 3 atom stereocenters. The van der Waals surface area contributed by atoms with Crippen LogP contribution >= 0.6 is 0 Å². The van der Waals surface area contributed by atoms with Gasteiger partial charge in [-0.1, -0.05) is 0 Å². The van der Waals surface area contributed by atoms with Crippen molar-refractivity contribution >= 4 is 35.3 Å². The Labute approximate surface area is 273 Å². The molecule has 2 aromatic rings. The molecule has 2 saturated heterocycles. The molecule has 3 amide bonds. The zero-order chi connectivity index (χ0) is 33.5. The highest BCUT2D eigenvalue weighted by molar-refractivity contribution is 6.05. The quantitative estimate of drug-likeness (QED) is 0.241. The number of aromatic nitrogens is 1. The Morgan fingerprint density at radius 3 is 2.55 bits per heavy atom. The zero-order valence-electron chi connectivity index (χ0n) is 27.2. The fourth-order valence-electron chi connectivity index (χ4n) is 6.41. The van der Waals surface area contributed by atoms with E-state index in [-0.39, 0.29) is 36.1 Å². The van der Waals surface area contributed by atoms with Crippen molar-refractivity contribution in [3.8, 4) is 11.5 Å². The van der Waals surface area contributed by atoms with E-state index in [1.54, 1.807) is 40.9 Å². The summed E-state index contributed by atoms with van der Waals surface area (Å²) in [6.45, 7) is 1.32. The molecular formula is C33H44N4O10. The van der Waals surface area contributed by atoms with Gasteiger partial charge < -0.3 is 43.6 Å². The molecule has 0 bridgehead atoms. The molecule has 1 unspecified atom stereocenters. The van der Waals surface area contributed by atoms with E-state index in [0.717, 1.165) is 30.6 Å². The van der Waals surface area contributed by atoms with E-state index in [2.05, 4.69) is 5.32 Å². The van der Waals surface area contributed by atoms with Crippen LogP contribution in [0.2, 0.25) is 0 Å². The van der Waals surface area contributed by atoms with Gasteiger partial charge in [0.2, 0.25) is 5.91 Å². The molecule has 1 aromatic heterocycles. The molecule has 256 valence electrons. The van der Waals surface area contributed by atoms with Crippen LogP contribution in [0.25, 0.3) is 0 Å². The van der Waals surface area contributed by atoms with Gasteiger partial charge in [-0.3, -0.25) is 9.59 Å². The number of rotatable bonds is 12. The molecular weight excluding hydrogens is 612 g/mol. The number of piperidine rings is 1. The van der Waals surface area contributed by atoms with E-state index in [9.17, 15) is 24.3 Å². The van der Waals surface area contributed by atoms with Gasteiger partial charge >= 0.3 is 12.1 Å². The lowest BCUT2D eigenvalue weighted by Gasteiger charge is -2.42. The standard InChI is InChI=1S/C33H44N4O10/c1-35-20-21(17-25(35)32(40)44-3)34-28(38)12-5-4-9-15-45-27-19-24-22(18-26(27)43-2)30(39)36-14-8-6-11-23(36)31(37(24)33(41)42)47-29-13-7-10-16-46-29/h17-20,23,29,31H,4-16H2,1-3H3,(H,34,38)(H,41,42)/t23-,29?,31-/m0/s1. The number of esters is 1. The molecule has 47 heavy (non-hydrogen) atoms. The summed E-state index contributed by atoms with van der Waals surface area (Å²) in [5.74, 6) is -0.308. The Morgan fingerprint density at radius 2 is 1.83 bits per heavy atom. The molecule has 14 nitrogen and oxygen atoms in total. The minimum Gasteiger partial charge on any atom is -0.493 e. The maximum atomic E-state index is 13.9. The number of carbonyl (C=O) groups is 4. The summed E-state index contributed by atoms with van der Waals surface area (Å²) >= 11 is 0. The fraction of sp³-hybridized carbons (Fsp3) is 0.576. The number of anilines is 2. The van der Waals surface area contributed by atoms with Crippen LogP contribution in [0, 0.1) is 0 Å². The second-order valence-corrected chi connectivity index (χ2v) is 12.0. The maximum Gasteiger partial charge on any atom is 0.414 e. The van der Waals surface area contributed by atoms with Crippen LogP contribution in [-0.2, 0) is 26.1 Å². The number of ether oxygens (including phenoxy) is 5. The number of fused-ring (bicyclic) bond motifs is 2. The second-order valence-electron chi connectivity index (χ2n) is 12.0. The average molecular weight is 657 g/mol. The molecule has 1 aromatic carbocycles. The number of carbonyl (C=O) groups excluding carboxylic acids is 3. The Balaban J connectivity index is 1.24. The van der Waals surface area contributed by atoms with Crippen molar-refractivity contribution in [2.24, 2.45) is 7.05 Å². The highest BCUT2D eigenvalue weighted by atomic mass is 16.7. The molecule has 5 rings (SSSR count). The van der Waals surface area contributed by atoms with Gasteiger partial charge in [0.25, 0.3) is 5.91 Å². The third-order valence-electron chi connectivity index (χ3n) is 8.79. The van der Waals surface area contributed by atoms with Crippen molar-refractivity contribution in [1.29, 1.82) is 0 Å². The summed E-state index contributed by atoms with van der Waals surface area (Å²) in [7, 11) is 4.47. The first kappa shape index (κ1) is 34.0. The smallest absolute Gasteiger partial charge is 0.414 e. The molecule has 4 heterocycles. The number of hydrogen-bond donors (Lipinski definition) is 2. The van der Waals surface area contributed by atoms with Gasteiger partial charge in [-0.05, 0) is 69.9 Å². The van der Waals surface area contributed by atoms with Gasteiger partial charge in [-0.25, -0.2) is 14.5 Å². The summed E-state index contributed by atoms with van der Waals surface area (Å²) in [6, 6.07) is 4.20. The second kappa shape index (κ2) is 15.5. The van der Waals surface area contributed by atoms with Gasteiger partial charge in [0, 0.05) is 38.9 Å². The van der Waals surface area contributed by atoms with Crippen LogP contribution in [-0.4, -0.2) is 91.0 Å². The lowest BCUT2D eigenvalue weighted by molar-refractivity contribution is -0.198. The van der Waals surface area contributed by atoms with Crippen LogP contribution in [0.3, 0.4) is 0 Å². The van der Waals surface area contributed by atoms with E-state index in [1.165, 1.54) is 14.2 Å². The minimum atomic E-state index is -1.24. The lowest BCUT2D eigenvalue weighted by atomic mass is 10.00. The summed E-state index contributed by atoms with van der Waals surface area (Å²) < 4.78 is 30.2. The van der Waals surface area contributed by atoms with Crippen LogP contribution < -0.4 is 19.7 Å². The average Bonchev–Trinajstić information content (AvgIpc) is 3.40. The summed E-state index contributed by atoms with van der Waals surface area (Å²) in [4.78, 5) is 53.9. The number of unbranched alkanes of at least 4 members (excludes halogenated alkanes) is 2. The number of nitrogens with zero attached hydrogens (tertiary/aromatic N) is 3. The number of hydrogen-bond acceptors (Lipinski definition) is 9. The highest BCUT2D eigenvalue weighted by Crippen LogP contribution is 2.42. The van der Waals surface area contributed by atoms with E-state index in [0.29, 0.717) is 68.1 Å². The number of carboxylic acid groups (broad SMARTS) is 1. The number of methoxy groups -OCH3 is 2. The Morgan fingerprint density at radius 1 is 1.02 bits per heavy atom. The van der Waals surface area contributed by atoms with Crippen molar-refractivity contribution in [3.63, 3.8) is 0 Å². The van der Waals surface area contributed by atoms with E-state index >= 15 is 0 Å². The molecule has 2 N–H and O–H groups in total. The molecule has 0 spiro atoms. The number of benzene rings is 1. The van der Waals surface area contributed by atoms with Crippen LogP contribution in [0.4, 0.5) is 16.2 Å². The van der Waals surface area contributed by atoms with Crippen molar-refractivity contribution < 1.29 is 48.0 Å². The van der Waals surface area contributed by atoms with Gasteiger partial charge in [0.05, 0.1) is 43.8 Å². The molecule has 14 heteroatoms. The maximum absolute atomic E-state index is 13.9. The van der Waals surface area contributed by atoms with Gasteiger partial charge in [0.15, 0.2) is 24.0 Å². The summed E-state index contributed by atoms with van der Waals surface area (Å²) in [6.07, 6.45) is 5.87. The van der Waals surface area contributed by atoms with Gasteiger partial charge in [-0.2, -0.15) is 0 Å². The first-order chi connectivity index (χ1) is 22.7. The van der Waals surface area contributed by atoms with E-state index < -0.39 is 30.6 Å². The van der Waals surface area contributed by atoms with Gasteiger partial charge in [-0.15, -0.1) is 0 Å². The first-order valence-electron chi connectivity index (χ1n) is 16.2. The van der Waals surface area contributed by atoms with Gasteiger partial charge in [0.1, 0.15) is 5.69 Å². The molecule has 3 aliphatic rings. The normalized spacial score (nSPS) is 20.9. The fourth-order valence-corrected chi connectivity index (χ4v) is 6.41. The number of nitrogens with one attached hydrogen (secondary N) is 1. The van der Waals surface area contributed by atoms with Crippen molar-refractivity contribution in [2.75, 3.05) is 44.2 Å². The first-order valence-corrected chi connectivity index (χ1v) is 16.2.